The zero-order chi connectivity index (χ0) is 24.6. The number of aromatic hydroxyl groups is 1. The monoisotopic (exact) mass is 457 g/mol. The Morgan fingerprint density at radius 3 is 2.39 bits per heavy atom. The SMILES string of the molecule is Cc1cc(CN)c2c(c1O)C(=O)C1C(=O)[C@]3(O)C(=O)C(C(N)=O)C(=O)[C@@H](N(C)C)[C@@H]3C[C@@H]1C2. The Morgan fingerprint density at radius 2 is 1.85 bits per heavy atom. The lowest BCUT2D eigenvalue weighted by Crippen LogP contribution is -2.74. The van der Waals surface area contributed by atoms with E-state index in [0.717, 1.165) is 0 Å². The minimum Gasteiger partial charge on any atom is -0.507 e. The molecule has 0 aliphatic heterocycles. The van der Waals surface area contributed by atoms with Crippen LogP contribution in [0.4, 0.5) is 0 Å². The average Bonchev–Trinajstić information content (AvgIpc) is 2.72. The van der Waals surface area contributed by atoms with E-state index in [1.165, 1.54) is 4.90 Å². The predicted octanol–water partition coefficient (Wildman–Crippen LogP) is -1.37. The molecular formula is C23H27N3O7. The van der Waals surface area contributed by atoms with E-state index >= 15 is 0 Å². The highest BCUT2D eigenvalue weighted by Gasteiger charge is 2.69. The van der Waals surface area contributed by atoms with Crippen molar-refractivity contribution < 1.29 is 34.2 Å². The Kier molecular flexibility index (Phi) is 5.31. The number of ketones is 4. The minimum atomic E-state index is -2.72. The van der Waals surface area contributed by atoms with Crippen LogP contribution in [0, 0.1) is 30.6 Å². The number of fused-ring (bicyclic) bond motifs is 3. The summed E-state index contributed by atoms with van der Waals surface area (Å²) in [5.41, 5.74) is 10.0. The van der Waals surface area contributed by atoms with Crippen LogP contribution in [0.2, 0.25) is 0 Å². The molecule has 2 fully saturated rings. The summed E-state index contributed by atoms with van der Waals surface area (Å²) in [6.45, 7) is 1.73. The van der Waals surface area contributed by atoms with Gasteiger partial charge in [0.15, 0.2) is 34.7 Å². The summed E-state index contributed by atoms with van der Waals surface area (Å²) in [5, 5.41) is 22.1. The number of nitrogens with two attached hydrogens (primary N) is 2. The summed E-state index contributed by atoms with van der Waals surface area (Å²) < 4.78 is 0. The molecule has 1 amide bonds. The smallest absolute Gasteiger partial charge is 0.235 e. The third kappa shape index (κ3) is 2.94. The lowest BCUT2D eigenvalue weighted by molar-refractivity contribution is -0.181. The molecule has 0 heterocycles. The molecule has 6 N–H and O–H groups in total. The number of aryl methyl sites for hydroxylation is 1. The number of likely N-dealkylation sites (N-methyl/N-ethyl adjacent to an activating group) is 1. The number of rotatable bonds is 3. The van der Waals surface area contributed by atoms with E-state index < -0.39 is 64.4 Å². The van der Waals surface area contributed by atoms with Crippen LogP contribution in [-0.2, 0) is 32.1 Å². The molecule has 2 unspecified atom stereocenters. The largest absolute Gasteiger partial charge is 0.507 e. The van der Waals surface area contributed by atoms with Gasteiger partial charge in [-0.15, -0.1) is 0 Å². The summed E-state index contributed by atoms with van der Waals surface area (Å²) in [4.78, 5) is 66.8. The molecule has 33 heavy (non-hydrogen) atoms. The first kappa shape index (κ1) is 23.2. The van der Waals surface area contributed by atoms with E-state index in [2.05, 4.69) is 0 Å². The van der Waals surface area contributed by atoms with Crippen molar-refractivity contribution in [2.75, 3.05) is 14.1 Å². The summed E-state index contributed by atoms with van der Waals surface area (Å²) in [7, 11) is 3.09. The van der Waals surface area contributed by atoms with Crippen molar-refractivity contribution in [1.29, 1.82) is 0 Å². The zero-order valence-electron chi connectivity index (χ0n) is 18.6. The number of Topliss-reactive ketones (excluding diaryl/α,β-unsaturated/α-hetero) is 4. The molecule has 0 bridgehead atoms. The van der Waals surface area contributed by atoms with E-state index in [0.29, 0.717) is 16.7 Å². The number of hydrogen-bond donors (Lipinski definition) is 4. The molecule has 0 radical (unpaired) electrons. The average molecular weight is 457 g/mol. The van der Waals surface area contributed by atoms with Crippen LogP contribution in [0.25, 0.3) is 0 Å². The Labute approximate surface area is 189 Å². The van der Waals surface area contributed by atoms with Crippen LogP contribution >= 0.6 is 0 Å². The number of phenols is 1. The Bertz CT molecular complexity index is 1130. The van der Waals surface area contributed by atoms with Crippen molar-refractivity contribution in [3.63, 3.8) is 0 Å². The molecule has 0 spiro atoms. The summed E-state index contributed by atoms with van der Waals surface area (Å²) in [6, 6.07) is 0.572. The van der Waals surface area contributed by atoms with Gasteiger partial charge in [-0.25, -0.2) is 0 Å². The summed E-state index contributed by atoms with van der Waals surface area (Å²) >= 11 is 0. The highest BCUT2D eigenvalue weighted by atomic mass is 16.3. The number of carbonyl (C=O) groups is 5. The molecule has 4 rings (SSSR count). The van der Waals surface area contributed by atoms with Crippen LogP contribution in [-0.4, -0.2) is 69.9 Å². The normalized spacial score (nSPS) is 33.6. The van der Waals surface area contributed by atoms with E-state index in [-0.39, 0.29) is 30.7 Å². The van der Waals surface area contributed by atoms with Gasteiger partial charge < -0.3 is 21.7 Å². The third-order valence-electron chi connectivity index (χ3n) is 7.56. The number of nitrogens with zero attached hydrogens (tertiary/aromatic N) is 1. The number of primary amides is 1. The van der Waals surface area contributed by atoms with Gasteiger partial charge in [0.1, 0.15) is 5.75 Å². The van der Waals surface area contributed by atoms with E-state index in [1.54, 1.807) is 27.1 Å². The van der Waals surface area contributed by atoms with Gasteiger partial charge in [0.2, 0.25) is 5.91 Å². The minimum absolute atomic E-state index is 0.0164. The first-order chi connectivity index (χ1) is 15.4. The molecule has 3 aliphatic rings. The number of carbonyl (C=O) groups excluding carboxylic acids is 5. The topological polar surface area (TPSA) is 181 Å². The number of amides is 1. The third-order valence-corrected chi connectivity index (χ3v) is 7.56. The maximum Gasteiger partial charge on any atom is 0.235 e. The summed E-state index contributed by atoms with van der Waals surface area (Å²) in [5.74, 6) is -10.4. The van der Waals surface area contributed by atoms with Crippen LogP contribution in [0.15, 0.2) is 6.07 Å². The molecule has 2 saturated carbocycles. The van der Waals surface area contributed by atoms with Gasteiger partial charge >= 0.3 is 0 Å². The van der Waals surface area contributed by atoms with Crippen molar-refractivity contribution in [2.24, 2.45) is 35.1 Å². The zero-order valence-corrected chi connectivity index (χ0v) is 18.6. The van der Waals surface area contributed by atoms with Gasteiger partial charge in [0.25, 0.3) is 0 Å². The first-order valence-electron chi connectivity index (χ1n) is 10.8. The molecule has 176 valence electrons. The van der Waals surface area contributed by atoms with Crippen LogP contribution < -0.4 is 11.5 Å². The number of phenolic OH excluding ortho intramolecular Hbond substituents is 1. The second kappa shape index (κ2) is 7.54. The fraction of sp³-hybridized carbons (Fsp3) is 0.522. The quantitative estimate of drug-likeness (QED) is 0.398. The molecule has 10 heteroatoms. The maximum absolute atomic E-state index is 13.7. The fourth-order valence-corrected chi connectivity index (χ4v) is 6.08. The molecule has 0 saturated heterocycles. The molecule has 6 atom stereocenters. The first-order valence-corrected chi connectivity index (χ1v) is 10.8. The predicted molar refractivity (Wildman–Crippen MR) is 114 cm³/mol. The highest BCUT2D eigenvalue weighted by molar-refractivity contribution is 6.32. The lowest BCUT2D eigenvalue weighted by atomic mass is 9.52. The van der Waals surface area contributed by atoms with Gasteiger partial charge in [-0.05, 0) is 56.5 Å². The second-order valence-electron chi connectivity index (χ2n) is 9.55. The molecule has 1 aromatic carbocycles. The standard InChI is InChI=1S/C23H27N3O7/c1-8-4-10(7-24)11-5-9-6-12-16(26(2)3)19(29)15(22(25)32)21(31)23(12,33)20(30)13(9)18(28)14(11)17(8)27/h4,9,12-13,15-16,27,33H,5-7,24H2,1-3H3,(H2,25,32)/t9-,12-,13?,15?,16-,23-/m0/s1. The van der Waals surface area contributed by atoms with Crippen molar-refractivity contribution in [2.45, 2.75) is 38.0 Å². The van der Waals surface area contributed by atoms with Crippen LogP contribution in [0.3, 0.4) is 0 Å². The summed E-state index contributed by atoms with van der Waals surface area (Å²) in [6.07, 6.45) is 0.231. The maximum atomic E-state index is 13.7. The van der Waals surface area contributed by atoms with Crippen molar-refractivity contribution in [3.05, 3.63) is 28.3 Å². The van der Waals surface area contributed by atoms with Crippen LogP contribution in [0.5, 0.6) is 5.75 Å². The molecule has 3 aliphatic carbocycles. The van der Waals surface area contributed by atoms with E-state index in [9.17, 15) is 34.2 Å². The Hall–Kier alpha value is -2.95. The van der Waals surface area contributed by atoms with Crippen molar-refractivity contribution in [1.82, 2.24) is 4.90 Å². The number of benzene rings is 1. The fourth-order valence-electron chi connectivity index (χ4n) is 6.08. The van der Waals surface area contributed by atoms with Gasteiger partial charge in [-0.1, -0.05) is 6.07 Å². The molecular weight excluding hydrogens is 430 g/mol. The van der Waals surface area contributed by atoms with Crippen molar-refractivity contribution >= 4 is 29.0 Å². The lowest BCUT2D eigenvalue weighted by Gasteiger charge is -2.52. The van der Waals surface area contributed by atoms with E-state index in [1.807, 2.05) is 0 Å². The van der Waals surface area contributed by atoms with Crippen molar-refractivity contribution in [3.8, 4) is 5.75 Å². The molecule has 1 aromatic rings. The second-order valence-corrected chi connectivity index (χ2v) is 9.55. The number of hydrogen-bond acceptors (Lipinski definition) is 9. The van der Waals surface area contributed by atoms with E-state index in [4.69, 9.17) is 11.5 Å². The van der Waals surface area contributed by atoms with Gasteiger partial charge in [0, 0.05) is 12.5 Å². The van der Waals surface area contributed by atoms with Crippen LogP contribution in [0.1, 0.15) is 33.5 Å². The Balaban J connectivity index is 1.90. The Morgan fingerprint density at radius 1 is 1.21 bits per heavy atom. The van der Waals surface area contributed by atoms with Gasteiger partial charge in [0.05, 0.1) is 17.5 Å². The molecule has 0 aromatic heterocycles. The molecule has 10 nitrogen and oxygen atoms in total. The van der Waals surface area contributed by atoms with Gasteiger partial charge in [-0.3, -0.25) is 28.9 Å². The van der Waals surface area contributed by atoms with Gasteiger partial charge in [-0.2, -0.15) is 0 Å². The highest BCUT2D eigenvalue weighted by Crippen LogP contribution is 2.51. The number of aliphatic hydroxyl groups is 1.